The summed E-state index contributed by atoms with van der Waals surface area (Å²) in [5, 5.41) is 22.0. The van der Waals surface area contributed by atoms with Gasteiger partial charge in [-0.3, -0.25) is 4.79 Å². The summed E-state index contributed by atoms with van der Waals surface area (Å²) >= 11 is 1.73. The number of hydrogen-bond acceptors (Lipinski definition) is 6. The highest BCUT2D eigenvalue weighted by molar-refractivity contribution is 7.12. The minimum absolute atomic E-state index is 0.125. The number of thiophene rings is 1. The standard InChI is InChI=1S/C18H11F3N2O3S2/c19-18(20,21)17(25,26)16-22-10-13(28-16)7-6-11-3-1-4-12(9-11)23-15(24)14-5-2-8-27-14/h1-5,8-10,25-26H,(H,23,24). The topological polar surface area (TPSA) is 82.5 Å². The molecule has 1 aromatic carbocycles. The second-order valence-electron chi connectivity index (χ2n) is 5.46. The number of amides is 1. The molecule has 0 aliphatic rings. The molecule has 0 aliphatic carbocycles. The molecule has 5 nitrogen and oxygen atoms in total. The molecule has 2 heterocycles. The van der Waals surface area contributed by atoms with E-state index in [1.165, 1.54) is 11.3 Å². The van der Waals surface area contributed by atoms with Gasteiger partial charge in [-0.05, 0) is 35.6 Å². The molecular weight excluding hydrogens is 413 g/mol. The summed E-state index contributed by atoms with van der Waals surface area (Å²) in [7, 11) is 0. The third-order valence-electron chi connectivity index (χ3n) is 3.39. The van der Waals surface area contributed by atoms with Crippen LogP contribution >= 0.6 is 22.7 Å². The molecule has 0 unspecified atom stereocenters. The molecule has 10 heteroatoms. The highest BCUT2D eigenvalue weighted by Crippen LogP contribution is 2.38. The summed E-state index contributed by atoms with van der Waals surface area (Å²) in [5.74, 6) is 1.07. The number of nitrogens with one attached hydrogen (secondary N) is 1. The van der Waals surface area contributed by atoms with Crippen molar-refractivity contribution in [2.45, 2.75) is 12.0 Å². The number of thiazole rings is 1. The number of rotatable bonds is 3. The molecule has 0 bridgehead atoms. The molecular formula is C18H11F3N2O3S2. The SMILES string of the molecule is O=C(Nc1cccc(C#Cc2cnc(C(O)(O)C(F)(F)F)s2)c1)c1cccs1. The first-order chi connectivity index (χ1) is 13.2. The van der Waals surface area contributed by atoms with Gasteiger partial charge in [0.1, 0.15) is 0 Å². The van der Waals surface area contributed by atoms with Crippen molar-refractivity contribution in [2.24, 2.45) is 0 Å². The van der Waals surface area contributed by atoms with E-state index >= 15 is 0 Å². The van der Waals surface area contributed by atoms with Gasteiger partial charge in [-0.25, -0.2) is 4.98 Å². The number of hydrogen-bond donors (Lipinski definition) is 3. The van der Waals surface area contributed by atoms with Crippen molar-refractivity contribution in [1.82, 2.24) is 4.98 Å². The van der Waals surface area contributed by atoms with Crippen LogP contribution in [0.25, 0.3) is 0 Å². The van der Waals surface area contributed by atoms with Gasteiger partial charge in [-0.15, -0.1) is 22.7 Å². The third-order valence-corrected chi connectivity index (χ3v) is 5.27. The molecule has 3 N–H and O–H groups in total. The molecule has 0 atom stereocenters. The van der Waals surface area contributed by atoms with Crippen LogP contribution in [0.5, 0.6) is 0 Å². The summed E-state index contributed by atoms with van der Waals surface area (Å²) in [4.78, 5) is 16.1. The maximum Gasteiger partial charge on any atom is 0.450 e. The number of anilines is 1. The lowest BCUT2D eigenvalue weighted by atomic mass is 10.2. The van der Waals surface area contributed by atoms with E-state index in [-0.39, 0.29) is 10.8 Å². The van der Waals surface area contributed by atoms with Gasteiger partial charge < -0.3 is 15.5 Å². The van der Waals surface area contributed by atoms with Crippen molar-refractivity contribution in [3.8, 4) is 11.8 Å². The van der Waals surface area contributed by atoms with Gasteiger partial charge in [-0.2, -0.15) is 13.2 Å². The average Bonchev–Trinajstić information content (AvgIpc) is 3.31. The van der Waals surface area contributed by atoms with Crippen LogP contribution in [0.4, 0.5) is 18.9 Å². The normalized spacial score (nSPS) is 11.6. The zero-order chi connectivity index (χ0) is 20.4. The largest absolute Gasteiger partial charge is 0.450 e. The van der Waals surface area contributed by atoms with E-state index in [2.05, 4.69) is 22.1 Å². The molecule has 0 aliphatic heterocycles. The van der Waals surface area contributed by atoms with Crippen LogP contribution in [0.1, 0.15) is 25.1 Å². The maximum absolute atomic E-state index is 12.6. The zero-order valence-electron chi connectivity index (χ0n) is 13.8. The first kappa shape index (κ1) is 20.0. The Morgan fingerprint density at radius 2 is 1.93 bits per heavy atom. The van der Waals surface area contributed by atoms with E-state index in [4.69, 9.17) is 0 Å². The molecule has 0 saturated carbocycles. The number of nitrogens with zero attached hydrogens (tertiary/aromatic N) is 1. The van der Waals surface area contributed by atoms with Crippen molar-refractivity contribution in [1.29, 1.82) is 0 Å². The predicted octanol–water partition coefficient (Wildman–Crippen LogP) is 3.56. The van der Waals surface area contributed by atoms with E-state index in [0.29, 0.717) is 27.5 Å². The lowest BCUT2D eigenvalue weighted by Crippen LogP contribution is -2.41. The van der Waals surface area contributed by atoms with Gasteiger partial charge in [0.05, 0.1) is 16.0 Å². The monoisotopic (exact) mass is 424 g/mol. The van der Waals surface area contributed by atoms with Gasteiger partial charge in [-0.1, -0.05) is 18.1 Å². The summed E-state index contributed by atoms with van der Waals surface area (Å²) in [6.45, 7) is 0. The summed E-state index contributed by atoms with van der Waals surface area (Å²) < 4.78 is 37.9. The van der Waals surface area contributed by atoms with Crippen LogP contribution in [0.15, 0.2) is 48.0 Å². The number of alkyl halides is 3. The minimum Gasteiger partial charge on any atom is -0.353 e. The number of aliphatic hydroxyl groups is 2. The number of carbonyl (C=O) groups excluding carboxylic acids is 1. The molecule has 0 spiro atoms. The van der Waals surface area contributed by atoms with Gasteiger partial charge >= 0.3 is 12.0 Å². The van der Waals surface area contributed by atoms with Crippen LogP contribution < -0.4 is 5.32 Å². The van der Waals surface area contributed by atoms with Crippen LogP contribution in [-0.2, 0) is 5.79 Å². The Morgan fingerprint density at radius 1 is 1.14 bits per heavy atom. The average molecular weight is 424 g/mol. The maximum atomic E-state index is 12.6. The molecule has 3 rings (SSSR count). The second-order valence-corrected chi connectivity index (χ2v) is 7.44. The van der Waals surface area contributed by atoms with Crippen LogP contribution in [-0.4, -0.2) is 27.3 Å². The van der Waals surface area contributed by atoms with Crippen LogP contribution in [0, 0.1) is 11.8 Å². The van der Waals surface area contributed by atoms with Crippen molar-refractivity contribution in [2.75, 3.05) is 5.32 Å². The minimum atomic E-state index is -5.27. The van der Waals surface area contributed by atoms with Gasteiger partial charge in [0.25, 0.3) is 5.91 Å². The van der Waals surface area contributed by atoms with E-state index in [9.17, 15) is 28.2 Å². The van der Waals surface area contributed by atoms with Gasteiger partial charge in [0.2, 0.25) is 0 Å². The smallest absolute Gasteiger partial charge is 0.353 e. The summed E-state index contributed by atoms with van der Waals surface area (Å²) in [6.07, 6.45) is -4.24. The quantitative estimate of drug-likeness (QED) is 0.444. The summed E-state index contributed by atoms with van der Waals surface area (Å²) in [5.41, 5.74) is 1.02. The second kappa shape index (κ2) is 7.73. The number of aromatic nitrogens is 1. The van der Waals surface area contributed by atoms with Gasteiger partial charge in [0.15, 0.2) is 5.01 Å². The van der Waals surface area contributed by atoms with Crippen molar-refractivity contribution in [3.63, 3.8) is 0 Å². The van der Waals surface area contributed by atoms with Crippen molar-refractivity contribution < 1.29 is 28.2 Å². The molecule has 1 amide bonds. The lowest BCUT2D eigenvalue weighted by molar-refractivity contribution is -0.358. The Labute approximate surface area is 165 Å². The molecule has 0 saturated heterocycles. The Kier molecular flexibility index (Phi) is 5.53. The van der Waals surface area contributed by atoms with Crippen molar-refractivity contribution >= 4 is 34.3 Å². The number of benzene rings is 1. The van der Waals surface area contributed by atoms with E-state index in [0.717, 1.165) is 6.20 Å². The molecule has 0 radical (unpaired) electrons. The summed E-state index contributed by atoms with van der Waals surface area (Å²) in [6, 6.07) is 10.1. The Bertz CT molecular complexity index is 1050. The zero-order valence-corrected chi connectivity index (χ0v) is 15.5. The molecule has 28 heavy (non-hydrogen) atoms. The fourth-order valence-corrected chi connectivity index (χ4v) is 3.42. The number of carbonyl (C=O) groups is 1. The van der Waals surface area contributed by atoms with Crippen LogP contribution in [0.2, 0.25) is 0 Å². The molecule has 2 aromatic heterocycles. The van der Waals surface area contributed by atoms with Gasteiger partial charge in [0, 0.05) is 11.3 Å². The molecule has 0 fully saturated rings. The first-order valence-corrected chi connectivity index (χ1v) is 9.31. The number of halogens is 3. The predicted molar refractivity (Wildman–Crippen MR) is 99.0 cm³/mol. The lowest BCUT2D eigenvalue weighted by Gasteiger charge is -2.21. The Balaban J connectivity index is 1.76. The Morgan fingerprint density at radius 3 is 2.61 bits per heavy atom. The fourth-order valence-electron chi connectivity index (χ4n) is 2.02. The van der Waals surface area contributed by atoms with Crippen molar-refractivity contribution in [3.05, 3.63) is 68.3 Å². The van der Waals surface area contributed by atoms with E-state index in [1.807, 2.05) is 0 Å². The van der Waals surface area contributed by atoms with E-state index < -0.39 is 17.0 Å². The first-order valence-electron chi connectivity index (χ1n) is 7.61. The fraction of sp³-hybridized carbons (Fsp3) is 0.111. The van der Waals surface area contributed by atoms with E-state index in [1.54, 1.807) is 41.8 Å². The molecule has 3 aromatic rings. The third kappa shape index (κ3) is 4.40. The highest BCUT2D eigenvalue weighted by atomic mass is 32.1. The molecule has 144 valence electrons. The van der Waals surface area contributed by atoms with Crippen LogP contribution in [0.3, 0.4) is 0 Å². The Hall–Kier alpha value is -2.71. The highest BCUT2D eigenvalue weighted by Gasteiger charge is 2.56.